The van der Waals surface area contributed by atoms with Crippen molar-refractivity contribution < 1.29 is 30.0 Å². The number of aliphatic hydroxyl groups excluding tert-OH is 1. The smallest absolute Gasteiger partial charge is 0.162 e. The third-order valence-corrected chi connectivity index (χ3v) is 10.0. The predicted octanol–water partition coefficient (Wildman–Crippen LogP) is 13.3. The molecule has 3 nitrogen and oxygen atoms in total. The molecule has 0 aliphatic rings. The maximum absolute atomic E-state index is 11.7. The Hall–Kier alpha value is -3.33. The number of aliphatic hydroxyl groups is 1. The molecule has 0 atom stereocenters. The van der Waals surface area contributed by atoms with Crippen molar-refractivity contribution in [2.45, 2.75) is 113 Å². The van der Waals surface area contributed by atoms with Crippen molar-refractivity contribution in [3.05, 3.63) is 101 Å². The van der Waals surface area contributed by atoms with Crippen LogP contribution in [0.3, 0.4) is 0 Å². The van der Waals surface area contributed by atoms with E-state index in [4.69, 9.17) is 4.98 Å². The Labute approximate surface area is 315 Å². The molecule has 0 saturated heterocycles. The van der Waals surface area contributed by atoms with Gasteiger partial charge in [0.15, 0.2) is 5.78 Å². The SMILES string of the molecule is CC(C)Cc1cc2c3ccnc(-c4[c-]c(C(C)C)cc(C(C)C)c4)c3ccc2c2ccccc12.CCC(CC)C(=O)/C=C(\O)C(CC)CC.[Ir]. The van der Waals surface area contributed by atoms with E-state index in [1.165, 1.54) is 55.1 Å². The van der Waals surface area contributed by atoms with Crippen LogP contribution in [-0.2, 0) is 31.3 Å². The Kier molecular flexibility index (Phi) is 15.4. The number of aromatic nitrogens is 1. The van der Waals surface area contributed by atoms with Gasteiger partial charge in [0.05, 0.1) is 5.76 Å². The molecule has 4 heteroatoms. The number of allylic oxidation sites excluding steroid dienone is 2. The summed E-state index contributed by atoms with van der Waals surface area (Å²) in [7, 11) is 0. The molecular weight excluding hydrogens is 791 g/mol. The van der Waals surface area contributed by atoms with Crippen molar-refractivity contribution >= 4 is 38.1 Å². The van der Waals surface area contributed by atoms with Crippen LogP contribution in [0, 0.1) is 23.8 Å². The van der Waals surface area contributed by atoms with Crippen LogP contribution in [0.1, 0.15) is 123 Å². The van der Waals surface area contributed by atoms with Crippen molar-refractivity contribution in [2.75, 3.05) is 0 Å². The Morgan fingerprint density at radius 1 is 0.720 bits per heavy atom. The van der Waals surface area contributed by atoms with Crippen LogP contribution in [0.25, 0.3) is 43.6 Å². The van der Waals surface area contributed by atoms with E-state index >= 15 is 0 Å². The first-order valence-corrected chi connectivity index (χ1v) is 18.7. The second kappa shape index (κ2) is 18.8. The van der Waals surface area contributed by atoms with Crippen LogP contribution in [0.2, 0.25) is 0 Å². The number of nitrogens with zero attached hydrogens (tertiary/aromatic N) is 1. The van der Waals surface area contributed by atoms with Gasteiger partial charge in [-0.1, -0.05) is 106 Å². The zero-order valence-electron chi connectivity index (χ0n) is 32.0. The van der Waals surface area contributed by atoms with Crippen LogP contribution in [0.5, 0.6) is 0 Å². The van der Waals surface area contributed by atoms with Gasteiger partial charge in [-0.2, -0.15) is 0 Å². The van der Waals surface area contributed by atoms with Crippen molar-refractivity contribution in [3.63, 3.8) is 0 Å². The number of hydrogen-bond donors (Lipinski definition) is 1. The number of carbonyl (C=O) groups excluding carboxylic acids is 1. The summed E-state index contributed by atoms with van der Waals surface area (Å²) in [5.41, 5.74) is 6.16. The molecule has 1 heterocycles. The normalized spacial score (nSPS) is 12.0. The average molecular weight is 849 g/mol. The van der Waals surface area contributed by atoms with E-state index in [-0.39, 0.29) is 43.5 Å². The van der Waals surface area contributed by atoms with E-state index < -0.39 is 0 Å². The molecule has 0 bridgehead atoms. The van der Waals surface area contributed by atoms with E-state index in [1.54, 1.807) is 0 Å². The summed E-state index contributed by atoms with van der Waals surface area (Å²) in [6.45, 7) is 21.7. The fourth-order valence-corrected chi connectivity index (χ4v) is 6.91. The first-order valence-electron chi connectivity index (χ1n) is 18.7. The maximum atomic E-state index is 11.7. The second-order valence-electron chi connectivity index (χ2n) is 14.7. The standard InChI is InChI=1S/C33H34N.C13H24O2.Ir/c1-20(2)15-25-19-32-29(28-10-8-7-9-27(25)28)11-12-31-30(32)13-14-34-33(31)26-17-23(21(3)4)16-24(18-26)22(5)6;1-5-10(6-2)12(14)9-13(15)11(7-3)8-4;/h7-14,16-17,19-22H,15H2,1-6H3;9-11,14H,5-8H2,1-4H3;/q-1;;/b;12-9-;. The number of carbonyl (C=O) groups is 1. The molecule has 50 heavy (non-hydrogen) atoms. The molecule has 0 fully saturated rings. The minimum absolute atomic E-state index is 0. The van der Waals surface area contributed by atoms with Crippen molar-refractivity contribution in [1.29, 1.82) is 0 Å². The van der Waals surface area contributed by atoms with Gasteiger partial charge in [0, 0.05) is 44.2 Å². The summed E-state index contributed by atoms with van der Waals surface area (Å²) in [5, 5.41) is 17.6. The molecule has 0 amide bonds. The van der Waals surface area contributed by atoms with Gasteiger partial charge in [0.1, 0.15) is 0 Å². The molecule has 4 aromatic carbocycles. The number of pyridine rings is 1. The number of hydrogen-bond acceptors (Lipinski definition) is 3. The molecule has 1 aromatic heterocycles. The first-order chi connectivity index (χ1) is 23.4. The third kappa shape index (κ3) is 9.50. The molecule has 1 radical (unpaired) electrons. The largest absolute Gasteiger partial charge is 0.512 e. The van der Waals surface area contributed by atoms with Gasteiger partial charge < -0.3 is 10.1 Å². The molecule has 5 rings (SSSR count). The second-order valence-corrected chi connectivity index (χ2v) is 14.7. The summed E-state index contributed by atoms with van der Waals surface area (Å²) in [6, 6.07) is 26.3. The molecular formula is C46H58IrNO2-. The number of ketones is 1. The van der Waals surface area contributed by atoms with Crippen LogP contribution >= 0.6 is 0 Å². The fraction of sp³-hybridized carbons (Fsp3) is 0.435. The van der Waals surface area contributed by atoms with Crippen molar-refractivity contribution in [1.82, 2.24) is 4.98 Å². The number of rotatable bonds is 12. The van der Waals surface area contributed by atoms with Gasteiger partial charge in [-0.3, -0.25) is 4.79 Å². The quantitative estimate of drug-likeness (QED) is 0.0589. The summed E-state index contributed by atoms with van der Waals surface area (Å²) in [5.74, 6) is 2.05. The van der Waals surface area contributed by atoms with Gasteiger partial charge >= 0.3 is 0 Å². The zero-order chi connectivity index (χ0) is 35.8. The van der Waals surface area contributed by atoms with Gasteiger partial charge in [-0.15, -0.1) is 34.9 Å². The Morgan fingerprint density at radius 2 is 1.30 bits per heavy atom. The zero-order valence-corrected chi connectivity index (χ0v) is 34.4. The molecule has 0 unspecified atom stereocenters. The van der Waals surface area contributed by atoms with Gasteiger partial charge in [0.2, 0.25) is 0 Å². The third-order valence-electron chi connectivity index (χ3n) is 10.0. The minimum Gasteiger partial charge on any atom is -0.512 e. The monoisotopic (exact) mass is 849 g/mol. The molecule has 269 valence electrons. The molecule has 5 aromatic rings. The van der Waals surface area contributed by atoms with Crippen LogP contribution in [-0.4, -0.2) is 15.9 Å². The Morgan fingerprint density at radius 3 is 1.88 bits per heavy atom. The van der Waals surface area contributed by atoms with E-state index in [2.05, 4.69) is 108 Å². The average Bonchev–Trinajstić information content (AvgIpc) is 3.08. The van der Waals surface area contributed by atoms with E-state index in [0.29, 0.717) is 17.8 Å². The van der Waals surface area contributed by atoms with Gasteiger partial charge in [-0.05, 0) is 106 Å². The summed E-state index contributed by atoms with van der Waals surface area (Å²) >= 11 is 0. The molecule has 0 spiro atoms. The minimum atomic E-state index is 0. The summed E-state index contributed by atoms with van der Waals surface area (Å²) < 4.78 is 0. The Bertz CT molecular complexity index is 1880. The van der Waals surface area contributed by atoms with Gasteiger partial charge in [-0.25, -0.2) is 0 Å². The van der Waals surface area contributed by atoms with Crippen LogP contribution in [0.4, 0.5) is 0 Å². The molecule has 0 saturated carbocycles. The number of fused-ring (bicyclic) bond motifs is 5. The van der Waals surface area contributed by atoms with Crippen LogP contribution < -0.4 is 0 Å². The van der Waals surface area contributed by atoms with E-state index in [1.807, 2.05) is 33.9 Å². The molecule has 0 aliphatic heterocycles. The molecule has 1 N–H and O–H groups in total. The Balaban J connectivity index is 0.000000361. The van der Waals surface area contributed by atoms with Crippen LogP contribution in [0.15, 0.2) is 78.7 Å². The fourth-order valence-electron chi connectivity index (χ4n) is 6.91. The summed E-state index contributed by atoms with van der Waals surface area (Å²) in [4.78, 5) is 16.6. The predicted molar refractivity (Wildman–Crippen MR) is 212 cm³/mol. The summed E-state index contributed by atoms with van der Waals surface area (Å²) in [6.07, 6.45) is 7.95. The topological polar surface area (TPSA) is 50.2 Å². The van der Waals surface area contributed by atoms with Crippen molar-refractivity contribution in [3.8, 4) is 11.3 Å². The van der Waals surface area contributed by atoms with Crippen molar-refractivity contribution in [2.24, 2.45) is 17.8 Å². The van der Waals surface area contributed by atoms with E-state index in [0.717, 1.165) is 43.4 Å². The first kappa shape index (κ1) is 41.1. The number of benzene rings is 4. The van der Waals surface area contributed by atoms with E-state index in [9.17, 15) is 9.90 Å². The molecule has 0 aliphatic carbocycles. The maximum Gasteiger partial charge on any atom is 0.162 e. The van der Waals surface area contributed by atoms with Gasteiger partial charge in [0.25, 0.3) is 0 Å².